The smallest absolute Gasteiger partial charge is 0.219 e. The second-order valence-electron chi connectivity index (χ2n) is 2.99. The third kappa shape index (κ3) is 2.55. The van der Waals surface area contributed by atoms with Gasteiger partial charge in [0.25, 0.3) is 0 Å². The lowest BCUT2D eigenvalue weighted by Crippen LogP contribution is -1.91. The molecule has 0 aliphatic carbocycles. The van der Waals surface area contributed by atoms with E-state index in [4.69, 9.17) is 4.74 Å². The minimum atomic E-state index is -0.633. The topological polar surface area (TPSA) is 22.1 Å². The van der Waals surface area contributed by atoms with Gasteiger partial charge in [-0.1, -0.05) is 0 Å². The summed E-state index contributed by atoms with van der Waals surface area (Å²) in [7, 11) is 0. The van der Waals surface area contributed by atoms with Crippen LogP contribution in [-0.2, 0) is 0 Å². The molecule has 0 aliphatic rings. The van der Waals surface area contributed by atoms with E-state index in [2.05, 4.69) is 20.9 Å². The van der Waals surface area contributed by atoms with Crippen molar-refractivity contribution >= 4 is 15.9 Å². The van der Waals surface area contributed by atoms with E-state index in [1.165, 1.54) is 6.20 Å². The molecule has 0 N–H and O–H groups in total. The second kappa shape index (κ2) is 4.57. The summed E-state index contributed by atoms with van der Waals surface area (Å²) in [6, 6.07) is 6.24. The summed E-state index contributed by atoms with van der Waals surface area (Å²) in [4.78, 5) is 3.89. The number of pyridine rings is 1. The highest BCUT2D eigenvalue weighted by Gasteiger charge is 2.06. The van der Waals surface area contributed by atoms with E-state index in [1.54, 1.807) is 12.1 Å². The Morgan fingerprint density at radius 1 is 1.12 bits per heavy atom. The fourth-order valence-electron chi connectivity index (χ4n) is 1.09. The van der Waals surface area contributed by atoms with Crippen LogP contribution in [0.25, 0.3) is 0 Å². The largest absolute Gasteiger partial charge is 0.436 e. The van der Waals surface area contributed by atoms with Gasteiger partial charge in [-0.25, -0.2) is 13.8 Å². The lowest BCUT2D eigenvalue weighted by molar-refractivity contribution is 0.422. The molecular weight excluding hydrogens is 280 g/mol. The second-order valence-corrected chi connectivity index (χ2v) is 3.91. The molecule has 0 aliphatic heterocycles. The Morgan fingerprint density at radius 3 is 2.62 bits per heavy atom. The monoisotopic (exact) mass is 285 g/mol. The van der Waals surface area contributed by atoms with Gasteiger partial charge in [-0.3, -0.25) is 0 Å². The van der Waals surface area contributed by atoms with Crippen LogP contribution in [0, 0.1) is 11.6 Å². The van der Waals surface area contributed by atoms with Crippen LogP contribution in [0.15, 0.2) is 41.0 Å². The van der Waals surface area contributed by atoms with Crippen LogP contribution in [0.1, 0.15) is 0 Å². The van der Waals surface area contributed by atoms with Crippen LogP contribution >= 0.6 is 15.9 Å². The molecule has 0 saturated carbocycles. The number of ether oxygens (including phenoxy) is 1. The standard InChI is InChI=1S/C11H6BrF2NO/c12-7-1-4-11(15-6-7)16-10-5-8(13)2-3-9(10)14/h1-6H. The van der Waals surface area contributed by atoms with Gasteiger partial charge in [0.15, 0.2) is 11.6 Å². The van der Waals surface area contributed by atoms with E-state index in [0.717, 1.165) is 22.7 Å². The van der Waals surface area contributed by atoms with Crippen molar-refractivity contribution < 1.29 is 13.5 Å². The average molecular weight is 286 g/mol. The Bertz CT molecular complexity index is 502. The van der Waals surface area contributed by atoms with Crippen molar-refractivity contribution in [3.63, 3.8) is 0 Å². The first kappa shape index (κ1) is 11.0. The van der Waals surface area contributed by atoms with Gasteiger partial charge in [0.05, 0.1) is 0 Å². The predicted molar refractivity (Wildman–Crippen MR) is 58.4 cm³/mol. The fraction of sp³-hybridized carbons (Fsp3) is 0. The minimum absolute atomic E-state index is 0.185. The number of rotatable bonds is 2. The summed E-state index contributed by atoms with van der Waals surface area (Å²) in [6.07, 6.45) is 1.51. The van der Waals surface area contributed by atoms with Crippen LogP contribution in [-0.4, -0.2) is 4.98 Å². The van der Waals surface area contributed by atoms with E-state index in [-0.39, 0.29) is 11.6 Å². The molecule has 82 valence electrons. The van der Waals surface area contributed by atoms with E-state index in [0.29, 0.717) is 0 Å². The normalized spacial score (nSPS) is 10.2. The fourth-order valence-corrected chi connectivity index (χ4v) is 1.33. The first-order valence-electron chi connectivity index (χ1n) is 4.39. The van der Waals surface area contributed by atoms with Crippen LogP contribution in [0.2, 0.25) is 0 Å². The molecule has 0 unspecified atom stereocenters. The molecule has 1 aromatic heterocycles. The maximum absolute atomic E-state index is 13.2. The zero-order chi connectivity index (χ0) is 11.5. The lowest BCUT2D eigenvalue weighted by atomic mass is 10.3. The molecule has 0 saturated heterocycles. The van der Waals surface area contributed by atoms with E-state index < -0.39 is 11.6 Å². The quantitative estimate of drug-likeness (QED) is 0.835. The molecule has 16 heavy (non-hydrogen) atoms. The van der Waals surface area contributed by atoms with Crippen LogP contribution < -0.4 is 4.74 Å². The molecule has 2 rings (SSSR count). The average Bonchev–Trinajstić information content (AvgIpc) is 2.27. The Hall–Kier alpha value is -1.49. The molecule has 0 radical (unpaired) electrons. The molecule has 2 nitrogen and oxygen atoms in total. The van der Waals surface area contributed by atoms with Crippen molar-refractivity contribution in [1.82, 2.24) is 4.98 Å². The van der Waals surface area contributed by atoms with Gasteiger partial charge in [-0.2, -0.15) is 0 Å². The van der Waals surface area contributed by atoms with Crippen LogP contribution in [0.4, 0.5) is 8.78 Å². The SMILES string of the molecule is Fc1ccc(F)c(Oc2ccc(Br)cn2)c1. The first-order valence-corrected chi connectivity index (χ1v) is 5.19. The maximum atomic E-state index is 13.2. The molecule has 0 bridgehead atoms. The van der Waals surface area contributed by atoms with E-state index in [1.807, 2.05) is 0 Å². The highest BCUT2D eigenvalue weighted by Crippen LogP contribution is 2.24. The molecule has 0 spiro atoms. The first-order chi connectivity index (χ1) is 7.65. The van der Waals surface area contributed by atoms with Crippen molar-refractivity contribution in [2.24, 2.45) is 0 Å². The molecule has 1 aromatic carbocycles. The third-order valence-corrected chi connectivity index (χ3v) is 2.28. The molecule has 2 aromatic rings. The number of hydrogen-bond acceptors (Lipinski definition) is 2. The lowest BCUT2D eigenvalue weighted by Gasteiger charge is -2.05. The highest BCUT2D eigenvalue weighted by atomic mass is 79.9. The Balaban J connectivity index is 2.26. The summed E-state index contributed by atoms with van der Waals surface area (Å²) < 4.78 is 31.9. The van der Waals surface area contributed by atoms with Gasteiger partial charge in [-0.15, -0.1) is 0 Å². The number of nitrogens with zero attached hydrogens (tertiary/aromatic N) is 1. The summed E-state index contributed by atoms with van der Waals surface area (Å²) in [5.74, 6) is -1.18. The Kier molecular flexibility index (Phi) is 3.14. The molecule has 0 amide bonds. The van der Waals surface area contributed by atoms with Gasteiger partial charge in [-0.05, 0) is 34.1 Å². The molecule has 5 heteroatoms. The molecule has 0 fully saturated rings. The number of benzene rings is 1. The summed E-state index contributed by atoms with van der Waals surface area (Å²) >= 11 is 3.20. The van der Waals surface area contributed by atoms with E-state index >= 15 is 0 Å². The highest BCUT2D eigenvalue weighted by molar-refractivity contribution is 9.10. The zero-order valence-corrected chi connectivity index (χ0v) is 9.54. The van der Waals surface area contributed by atoms with E-state index in [9.17, 15) is 8.78 Å². The van der Waals surface area contributed by atoms with Crippen molar-refractivity contribution in [2.45, 2.75) is 0 Å². The van der Waals surface area contributed by atoms with Crippen LogP contribution in [0.3, 0.4) is 0 Å². The third-order valence-electron chi connectivity index (χ3n) is 1.81. The molecule has 0 atom stereocenters. The van der Waals surface area contributed by atoms with Gasteiger partial charge < -0.3 is 4.74 Å². The van der Waals surface area contributed by atoms with Gasteiger partial charge in [0.2, 0.25) is 5.88 Å². The number of aromatic nitrogens is 1. The van der Waals surface area contributed by atoms with Gasteiger partial charge in [0.1, 0.15) is 5.82 Å². The summed E-state index contributed by atoms with van der Waals surface area (Å²) in [6.45, 7) is 0. The van der Waals surface area contributed by atoms with Crippen molar-refractivity contribution in [3.8, 4) is 11.6 Å². The zero-order valence-electron chi connectivity index (χ0n) is 7.95. The van der Waals surface area contributed by atoms with Crippen molar-refractivity contribution in [1.29, 1.82) is 0 Å². The van der Waals surface area contributed by atoms with Gasteiger partial charge >= 0.3 is 0 Å². The maximum Gasteiger partial charge on any atom is 0.219 e. The summed E-state index contributed by atoms with van der Waals surface area (Å²) in [5.41, 5.74) is 0. The molecular formula is C11H6BrF2NO. The van der Waals surface area contributed by atoms with Crippen molar-refractivity contribution in [2.75, 3.05) is 0 Å². The Morgan fingerprint density at radius 2 is 1.94 bits per heavy atom. The molecule has 1 heterocycles. The van der Waals surface area contributed by atoms with Gasteiger partial charge in [0, 0.05) is 22.8 Å². The minimum Gasteiger partial charge on any atom is -0.436 e. The number of halogens is 3. The van der Waals surface area contributed by atoms with Crippen LogP contribution in [0.5, 0.6) is 11.6 Å². The number of hydrogen-bond donors (Lipinski definition) is 0. The summed E-state index contributed by atoms with van der Waals surface area (Å²) in [5, 5.41) is 0. The predicted octanol–water partition coefficient (Wildman–Crippen LogP) is 3.91. The Labute approximate surface area is 99.0 Å². The van der Waals surface area contributed by atoms with Crippen molar-refractivity contribution in [3.05, 3.63) is 52.6 Å².